The van der Waals surface area contributed by atoms with Crippen LogP contribution in [0.5, 0.6) is 0 Å². The lowest BCUT2D eigenvalue weighted by Gasteiger charge is -2.22. The van der Waals surface area contributed by atoms with Crippen molar-refractivity contribution in [2.45, 2.75) is 44.9 Å². The molecule has 0 aliphatic rings. The molecule has 0 spiro atoms. The van der Waals surface area contributed by atoms with Crippen LogP contribution in [0.3, 0.4) is 0 Å². The second kappa shape index (κ2) is 9.02. The van der Waals surface area contributed by atoms with Crippen molar-refractivity contribution in [2.75, 3.05) is 30.0 Å². The van der Waals surface area contributed by atoms with Gasteiger partial charge in [0.2, 0.25) is 0 Å². The Bertz CT molecular complexity index is 399. The topological polar surface area (TPSA) is 70.1 Å². The van der Waals surface area contributed by atoms with Crippen molar-refractivity contribution < 1.29 is 5.11 Å². The van der Waals surface area contributed by atoms with Crippen LogP contribution in [0, 0.1) is 0 Å². The first-order valence-corrected chi connectivity index (χ1v) is 8.45. The summed E-state index contributed by atoms with van der Waals surface area (Å²) in [6, 6.07) is 2.08. The third kappa shape index (κ3) is 5.17. The maximum atomic E-state index is 9.34. The molecule has 0 aliphatic heterocycles. The van der Waals surface area contributed by atoms with Gasteiger partial charge in [-0.05, 0) is 19.6 Å². The number of nitrogens with one attached hydrogen (secondary N) is 2. The molecule has 0 saturated carbocycles. The standard InChI is InChI=1S/C14H26N4OS/c1-5-7-15-13-8-14(18-12(6-2)17-13)16-10(3)11(9-19)20-4/h8,10-11,19H,5-7,9H2,1-4H3,(H2,15,16,17,18). The van der Waals surface area contributed by atoms with Crippen LogP contribution >= 0.6 is 11.8 Å². The third-order valence-corrected chi connectivity index (χ3v) is 4.22. The Morgan fingerprint density at radius 2 is 2.00 bits per heavy atom. The number of aliphatic hydroxyl groups excluding tert-OH is 1. The summed E-state index contributed by atoms with van der Waals surface area (Å²) in [5, 5.41) is 16.2. The molecule has 2 unspecified atom stereocenters. The fraction of sp³-hybridized carbons (Fsp3) is 0.714. The smallest absolute Gasteiger partial charge is 0.132 e. The van der Waals surface area contributed by atoms with E-state index in [1.165, 1.54) is 0 Å². The molecule has 2 atom stereocenters. The first kappa shape index (κ1) is 17.0. The van der Waals surface area contributed by atoms with Crippen molar-refractivity contribution in [3.05, 3.63) is 11.9 Å². The number of hydrogen-bond acceptors (Lipinski definition) is 6. The third-order valence-electron chi connectivity index (χ3n) is 3.06. The molecule has 1 heterocycles. The molecule has 0 amide bonds. The Kier molecular flexibility index (Phi) is 7.69. The highest BCUT2D eigenvalue weighted by Gasteiger charge is 2.16. The van der Waals surface area contributed by atoms with E-state index in [1.807, 2.05) is 19.2 Å². The van der Waals surface area contributed by atoms with Crippen molar-refractivity contribution >= 4 is 23.4 Å². The molecule has 6 heteroatoms. The van der Waals surface area contributed by atoms with E-state index in [0.29, 0.717) is 0 Å². The van der Waals surface area contributed by atoms with Crippen LogP contribution in [-0.4, -0.2) is 45.8 Å². The largest absolute Gasteiger partial charge is 0.395 e. The van der Waals surface area contributed by atoms with Crippen molar-refractivity contribution in [3.8, 4) is 0 Å². The Morgan fingerprint density at radius 1 is 1.30 bits per heavy atom. The van der Waals surface area contributed by atoms with Crippen LogP contribution in [0.25, 0.3) is 0 Å². The first-order valence-electron chi connectivity index (χ1n) is 7.16. The van der Waals surface area contributed by atoms with E-state index in [0.717, 1.165) is 36.8 Å². The molecule has 0 bridgehead atoms. The highest BCUT2D eigenvalue weighted by Crippen LogP contribution is 2.17. The zero-order chi connectivity index (χ0) is 15.0. The van der Waals surface area contributed by atoms with Crippen LogP contribution in [0.4, 0.5) is 11.6 Å². The first-order chi connectivity index (χ1) is 9.64. The van der Waals surface area contributed by atoms with Gasteiger partial charge in [-0.2, -0.15) is 11.8 Å². The molecular weight excluding hydrogens is 272 g/mol. The van der Waals surface area contributed by atoms with E-state index in [4.69, 9.17) is 0 Å². The summed E-state index contributed by atoms with van der Waals surface area (Å²) in [7, 11) is 0. The number of aliphatic hydroxyl groups is 1. The number of aromatic nitrogens is 2. The zero-order valence-corrected chi connectivity index (χ0v) is 13.6. The number of hydrogen-bond donors (Lipinski definition) is 3. The normalized spacial score (nSPS) is 13.8. The molecule has 3 N–H and O–H groups in total. The highest BCUT2D eigenvalue weighted by atomic mass is 32.2. The van der Waals surface area contributed by atoms with Crippen LogP contribution in [0.2, 0.25) is 0 Å². The maximum Gasteiger partial charge on any atom is 0.132 e. The number of nitrogens with zero attached hydrogens (tertiary/aromatic N) is 2. The molecule has 20 heavy (non-hydrogen) atoms. The lowest BCUT2D eigenvalue weighted by Crippen LogP contribution is -2.31. The molecule has 0 saturated heterocycles. The number of aryl methyl sites for hydroxylation is 1. The number of rotatable bonds is 9. The van der Waals surface area contributed by atoms with Gasteiger partial charge >= 0.3 is 0 Å². The lowest BCUT2D eigenvalue weighted by atomic mass is 10.2. The minimum Gasteiger partial charge on any atom is -0.395 e. The molecule has 0 fully saturated rings. The Balaban J connectivity index is 2.82. The molecule has 1 rings (SSSR count). The molecular formula is C14H26N4OS. The van der Waals surface area contributed by atoms with Crippen LogP contribution < -0.4 is 10.6 Å². The summed E-state index contributed by atoms with van der Waals surface area (Å²) < 4.78 is 0. The average molecular weight is 298 g/mol. The van der Waals surface area contributed by atoms with E-state index in [-0.39, 0.29) is 17.9 Å². The number of thioether (sulfide) groups is 1. The Labute approximate surface area is 126 Å². The highest BCUT2D eigenvalue weighted by molar-refractivity contribution is 7.99. The predicted octanol–water partition coefficient (Wildman–Crippen LogP) is 2.39. The summed E-state index contributed by atoms with van der Waals surface area (Å²) in [4.78, 5) is 8.96. The van der Waals surface area contributed by atoms with Crippen LogP contribution in [0.15, 0.2) is 6.07 Å². The second-order valence-corrected chi connectivity index (χ2v) is 5.80. The van der Waals surface area contributed by atoms with Gasteiger partial charge in [0.15, 0.2) is 0 Å². The van der Waals surface area contributed by atoms with E-state index < -0.39 is 0 Å². The SMILES string of the molecule is CCCNc1cc(NC(C)C(CO)SC)nc(CC)n1. The van der Waals surface area contributed by atoms with Gasteiger partial charge in [-0.15, -0.1) is 0 Å². The van der Waals surface area contributed by atoms with E-state index >= 15 is 0 Å². The predicted molar refractivity (Wildman–Crippen MR) is 87.7 cm³/mol. The quantitative estimate of drug-likeness (QED) is 0.650. The van der Waals surface area contributed by atoms with E-state index in [9.17, 15) is 5.11 Å². The minimum atomic E-state index is 0.147. The molecule has 0 aromatic carbocycles. The summed E-state index contributed by atoms with van der Waals surface area (Å²) in [6.45, 7) is 7.29. The van der Waals surface area contributed by atoms with Crippen molar-refractivity contribution in [2.24, 2.45) is 0 Å². The summed E-state index contributed by atoms with van der Waals surface area (Å²) >= 11 is 1.65. The molecule has 1 aromatic rings. The van der Waals surface area contributed by atoms with Gasteiger partial charge in [0.25, 0.3) is 0 Å². The van der Waals surface area contributed by atoms with Crippen LogP contribution in [0.1, 0.15) is 33.0 Å². The zero-order valence-electron chi connectivity index (χ0n) is 12.8. The summed E-state index contributed by atoms with van der Waals surface area (Å²) in [6.07, 6.45) is 3.87. The van der Waals surface area contributed by atoms with Crippen molar-refractivity contribution in [1.29, 1.82) is 0 Å². The fourth-order valence-corrected chi connectivity index (χ4v) is 2.46. The average Bonchev–Trinajstić information content (AvgIpc) is 2.46. The molecule has 0 aliphatic carbocycles. The maximum absolute atomic E-state index is 9.34. The molecule has 5 nitrogen and oxygen atoms in total. The van der Waals surface area contributed by atoms with Gasteiger partial charge < -0.3 is 15.7 Å². The van der Waals surface area contributed by atoms with Gasteiger partial charge in [0.05, 0.1) is 6.61 Å². The van der Waals surface area contributed by atoms with Crippen molar-refractivity contribution in [1.82, 2.24) is 9.97 Å². The van der Waals surface area contributed by atoms with Gasteiger partial charge in [-0.3, -0.25) is 0 Å². The summed E-state index contributed by atoms with van der Waals surface area (Å²) in [5.41, 5.74) is 0. The summed E-state index contributed by atoms with van der Waals surface area (Å²) in [5.74, 6) is 2.50. The van der Waals surface area contributed by atoms with E-state index in [2.05, 4.69) is 34.4 Å². The fourth-order valence-electron chi connectivity index (χ4n) is 1.84. The monoisotopic (exact) mass is 298 g/mol. The minimum absolute atomic E-state index is 0.147. The van der Waals surface area contributed by atoms with Crippen LogP contribution in [-0.2, 0) is 6.42 Å². The lowest BCUT2D eigenvalue weighted by molar-refractivity contribution is 0.288. The molecule has 1 aromatic heterocycles. The second-order valence-electron chi connectivity index (χ2n) is 4.72. The van der Waals surface area contributed by atoms with Gasteiger partial charge in [-0.1, -0.05) is 13.8 Å². The molecule has 0 radical (unpaired) electrons. The Hall–Kier alpha value is -1.01. The van der Waals surface area contributed by atoms with Gasteiger partial charge in [-0.25, -0.2) is 9.97 Å². The van der Waals surface area contributed by atoms with Crippen molar-refractivity contribution in [3.63, 3.8) is 0 Å². The van der Waals surface area contributed by atoms with Gasteiger partial charge in [0, 0.05) is 30.3 Å². The molecule has 114 valence electrons. The van der Waals surface area contributed by atoms with Gasteiger partial charge in [0.1, 0.15) is 17.5 Å². The Morgan fingerprint density at radius 3 is 2.55 bits per heavy atom. The number of anilines is 2. The van der Waals surface area contributed by atoms with E-state index in [1.54, 1.807) is 11.8 Å².